The summed E-state index contributed by atoms with van der Waals surface area (Å²) in [6, 6.07) is 6.45. The number of pyridine rings is 1. The first-order valence-corrected chi connectivity index (χ1v) is 8.39. The van der Waals surface area contributed by atoms with E-state index < -0.39 is 0 Å². The Labute approximate surface area is 140 Å². The van der Waals surface area contributed by atoms with Gasteiger partial charge in [-0.15, -0.1) is 10.2 Å². The van der Waals surface area contributed by atoms with Crippen molar-refractivity contribution in [3.8, 4) is 6.07 Å². The number of nitrogens with zero attached hydrogens (tertiary/aromatic N) is 5. The highest BCUT2D eigenvalue weighted by Gasteiger charge is 2.50. The zero-order chi connectivity index (χ0) is 16.0. The average molecular weight is 328 g/mol. The Morgan fingerprint density at radius 3 is 2.78 bits per heavy atom. The van der Waals surface area contributed by atoms with Gasteiger partial charge >= 0.3 is 0 Å². The Morgan fingerprint density at radius 2 is 2.17 bits per heavy atom. The lowest BCUT2D eigenvalue weighted by Crippen LogP contribution is -2.44. The number of aromatic nitrogens is 4. The average Bonchev–Trinajstić information content (AvgIpc) is 3.25. The topological polar surface area (TPSA) is 67.4 Å². The summed E-state index contributed by atoms with van der Waals surface area (Å²) in [6.45, 7) is 0. The molecule has 2 heterocycles. The van der Waals surface area contributed by atoms with Crippen LogP contribution in [0.1, 0.15) is 55.1 Å². The second-order valence-electron chi connectivity index (χ2n) is 6.86. The third-order valence-corrected chi connectivity index (χ3v) is 5.35. The van der Waals surface area contributed by atoms with Crippen LogP contribution in [0.25, 0.3) is 0 Å². The maximum Gasteiger partial charge on any atom is 0.143 e. The molecule has 0 amide bonds. The van der Waals surface area contributed by atoms with Crippen molar-refractivity contribution in [3.63, 3.8) is 0 Å². The molecule has 118 valence electrons. The number of nitriles is 1. The smallest absolute Gasteiger partial charge is 0.143 e. The molecule has 0 saturated heterocycles. The molecule has 2 aromatic heterocycles. The summed E-state index contributed by atoms with van der Waals surface area (Å²) in [4.78, 5) is 4.50. The fourth-order valence-corrected chi connectivity index (χ4v) is 4.06. The van der Waals surface area contributed by atoms with E-state index in [-0.39, 0.29) is 5.41 Å². The van der Waals surface area contributed by atoms with Crippen molar-refractivity contribution < 1.29 is 0 Å². The van der Waals surface area contributed by atoms with Crippen LogP contribution in [0.3, 0.4) is 0 Å². The van der Waals surface area contributed by atoms with E-state index in [0.717, 1.165) is 24.4 Å². The van der Waals surface area contributed by atoms with E-state index in [1.807, 2.05) is 17.7 Å². The molecule has 23 heavy (non-hydrogen) atoms. The molecule has 2 fully saturated rings. The van der Waals surface area contributed by atoms with Crippen molar-refractivity contribution in [2.24, 2.45) is 13.0 Å². The Hall–Kier alpha value is -1.93. The first-order chi connectivity index (χ1) is 11.1. The Morgan fingerprint density at radius 1 is 1.39 bits per heavy atom. The molecule has 2 saturated carbocycles. The molecule has 2 aliphatic rings. The lowest BCUT2D eigenvalue weighted by atomic mass is 9.57. The quantitative estimate of drug-likeness (QED) is 0.808. The van der Waals surface area contributed by atoms with Gasteiger partial charge in [0.15, 0.2) is 0 Å². The third-order valence-electron chi connectivity index (χ3n) is 5.16. The van der Waals surface area contributed by atoms with Crippen molar-refractivity contribution in [3.05, 3.63) is 40.7 Å². The van der Waals surface area contributed by atoms with Gasteiger partial charge in [-0.1, -0.05) is 11.6 Å². The van der Waals surface area contributed by atoms with Gasteiger partial charge in [-0.2, -0.15) is 5.26 Å². The van der Waals surface area contributed by atoms with Crippen molar-refractivity contribution in [2.75, 3.05) is 0 Å². The molecule has 0 N–H and O–H groups in total. The standard InChI is InChI=1S/C17H18ClN5/c1-23-10-20-22-16(23)17(8-11(9-17)4-5-19)13-6-14(12-2-3-12)21-15(18)7-13/h6-7,10-12H,2-4,8-9H2,1H3. The SMILES string of the molecule is Cn1cnnc1C1(c2cc(Cl)nc(C3CC3)c2)CC(CC#N)C1. The maximum absolute atomic E-state index is 8.98. The van der Waals surface area contributed by atoms with Gasteiger partial charge < -0.3 is 4.57 Å². The summed E-state index contributed by atoms with van der Waals surface area (Å²) < 4.78 is 1.98. The molecule has 0 spiro atoms. The largest absolute Gasteiger partial charge is 0.320 e. The summed E-state index contributed by atoms with van der Waals surface area (Å²) in [5.41, 5.74) is 2.07. The minimum Gasteiger partial charge on any atom is -0.320 e. The van der Waals surface area contributed by atoms with Crippen LogP contribution in [0.4, 0.5) is 0 Å². The van der Waals surface area contributed by atoms with Crippen LogP contribution >= 0.6 is 11.6 Å². The molecule has 0 unspecified atom stereocenters. The van der Waals surface area contributed by atoms with Crippen LogP contribution in [0.15, 0.2) is 18.5 Å². The van der Waals surface area contributed by atoms with Gasteiger partial charge in [-0.25, -0.2) is 4.98 Å². The van der Waals surface area contributed by atoms with Crippen LogP contribution in [-0.2, 0) is 12.5 Å². The number of hydrogen-bond donors (Lipinski definition) is 0. The first kappa shape index (κ1) is 14.6. The van der Waals surface area contributed by atoms with Crippen LogP contribution in [0.5, 0.6) is 0 Å². The molecule has 5 nitrogen and oxygen atoms in total. The van der Waals surface area contributed by atoms with E-state index in [9.17, 15) is 0 Å². The van der Waals surface area contributed by atoms with Crippen molar-refractivity contribution >= 4 is 11.6 Å². The van der Waals surface area contributed by atoms with Gasteiger partial charge in [0.2, 0.25) is 0 Å². The molecular weight excluding hydrogens is 310 g/mol. The molecule has 2 aromatic rings. The molecule has 0 atom stereocenters. The maximum atomic E-state index is 8.98. The molecule has 0 aromatic carbocycles. The number of rotatable bonds is 4. The zero-order valence-corrected chi connectivity index (χ0v) is 13.8. The lowest BCUT2D eigenvalue weighted by Gasteiger charge is -2.46. The predicted molar refractivity (Wildman–Crippen MR) is 86.0 cm³/mol. The predicted octanol–water partition coefficient (Wildman–Crippen LogP) is 3.35. The minimum atomic E-state index is -0.191. The monoisotopic (exact) mass is 327 g/mol. The number of hydrogen-bond acceptors (Lipinski definition) is 4. The van der Waals surface area contributed by atoms with Gasteiger partial charge in [0, 0.05) is 25.1 Å². The summed E-state index contributed by atoms with van der Waals surface area (Å²) in [6.07, 6.45) is 6.55. The highest BCUT2D eigenvalue weighted by Crippen LogP contribution is 2.53. The van der Waals surface area contributed by atoms with Gasteiger partial charge in [-0.05, 0) is 49.3 Å². The molecule has 0 bridgehead atoms. The second-order valence-corrected chi connectivity index (χ2v) is 7.25. The highest BCUT2D eigenvalue weighted by molar-refractivity contribution is 6.29. The van der Waals surface area contributed by atoms with Gasteiger partial charge in [0.25, 0.3) is 0 Å². The van der Waals surface area contributed by atoms with Gasteiger partial charge in [-0.3, -0.25) is 0 Å². The molecule has 0 aliphatic heterocycles. The van der Waals surface area contributed by atoms with Crippen molar-refractivity contribution in [2.45, 2.75) is 43.4 Å². The summed E-state index contributed by atoms with van der Waals surface area (Å²) in [5, 5.41) is 18.0. The van der Waals surface area contributed by atoms with Crippen LogP contribution in [-0.4, -0.2) is 19.7 Å². The van der Waals surface area contributed by atoms with Crippen molar-refractivity contribution in [1.29, 1.82) is 5.26 Å². The van der Waals surface area contributed by atoms with Gasteiger partial charge in [0.1, 0.15) is 17.3 Å². The van der Waals surface area contributed by atoms with Crippen LogP contribution < -0.4 is 0 Å². The second kappa shape index (κ2) is 5.31. The molecule has 2 aliphatic carbocycles. The molecule has 4 rings (SSSR count). The van der Waals surface area contributed by atoms with Crippen LogP contribution in [0.2, 0.25) is 5.15 Å². The van der Waals surface area contributed by atoms with E-state index in [1.54, 1.807) is 6.33 Å². The molecular formula is C17H18ClN5. The first-order valence-electron chi connectivity index (χ1n) is 8.02. The van der Waals surface area contributed by atoms with E-state index >= 15 is 0 Å². The normalized spacial score (nSPS) is 26.6. The van der Waals surface area contributed by atoms with E-state index in [0.29, 0.717) is 23.4 Å². The third kappa shape index (κ3) is 2.42. The molecule has 0 radical (unpaired) electrons. The Balaban J connectivity index is 1.78. The summed E-state index contributed by atoms with van der Waals surface area (Å²) in [5.74, 6) is 1.92. The lowest BCUT2D eigenvalue weighted by molar-refractivity contribution is 0.171. The van der Waals surface area contributed by atoms with E-state index in [2.05, 4.69) is 27.3 Å². The summed E-state index contributed by atoms with van der Waals surface area (Å²) in [7, 11) is 1.97. The Kier molecular flexibility index (Phi) is 3.38. The van der Waals surface area contributed by atoms with Crippen LogP contribution in [0, 0.1) is 17.2 Å². The van der Waals surface area contributed by atoms with E-state index in [4.69, 9.17) is 16.9 Å². The molecule has 6 heteroatoms. The zero-order valence-electron chi connectivity index (χ0n) is 13.0. The fourth-order valence-electron chi connectivity index (χ4n) is 3.84. The fraction of sp³-hybridized carbons (Fsp3) is 0.529. The highest BCUT2D eigenvalue weighted by atomic mass is 35.5. The number of aryl methyl sites for hydroxylation is 1. The van der Waals surface area contributed by atoms with Gasteiger partial charge in [0.05, 0.1) is 11.5 Å². The minimum absolute atomic E-state index is 0.191. The number of halogens is 1. The summed E-state index contributed by atoms with van der Waals surface area (Å²) >= 11 is 6.30. The van der Waals surface area contributed by atoms with Crippen molar-refractivity contribution in [1.82, 2.24) is 19.7 Å². The van der Waals surface area contributed by atoms with E-state index in [1.165, 1.54) is 18.4 Å². The Bertz CT molecular complexity index is 781.